The summed E-state index contributed by atoms with van der Waals surface area (Å²) in [5, 5.41) is 0. The SMILES string of the molecule is C=CCC(CC)CBCCCC. The van der Waals surface area contributed by atoms with Gasteiger partial charge in [-0.25, -0.2) is 0 Å². The number of unbranched alkanes of at least 4 members (excludes halogenated alkanes) is 1. The Hall–Kier alpha value is -0.195. The van der Waals surface area contributed by atoms with E-state index in [1.54, 1.807) is 0 Å². The lowest BCUT2D eigenvalue weighted by Gasteiger charge is -2.10. The molecule has 0 radical (unpaired) electrons. The van der Waals surface area contributed by atoms with Crippen LogP contribution in [0.2, 0.25) is 12.6 Å². The molecule has 0 aliphatic heterocycles. The van der Waals surface area contributed by atoms with E-state index in [0.29, 0.717) is 0 Å². The molecule has 0 saturated carbocycles. The first-order chi connectivity index (χ1) is 5.85. The highest BCUT2D eigenvalue weighted by atomic mass is 14.0. The van der Waals surface area contributed by atoms with Crippen LogP contribution in [0.3, 0.4) is 0 Å². The first-order valence-corrected chi connectivity index (χ1v) is 5.46. The fourth-order valence-electron chi connectivity index (χ4n) is 1.58. The summed E-state index contributed by atoms with van der Waals surface area (Å²) in [7, 11) is 1.42. The molecule has 0 aromatic heterocycles. The molecule has 1 unspecified atom stereocenters. The fourth-order valence-corrected chi connectivity index (χ4v) is 1.58. The van der Waals surface area contributed by atoms with Crippen LogP contribution in [0.4, 0.5) is 0 Å². The van der Waals surface area contributed by atoms with Crippen LogP contribution in [-0.2, 0) is 0 Å². The van der Waals surface area contributed by atoms with Crippen molar-refractivity contribution in [3.05, 3.63) is 12.7 Å². The Balaban J connectivity index is 3.25. The minimum atomic E-state index is 0.902. The second-order valence-electron chi connectivity index (χ2n) is 3.65. The first kappa shape index (κ1) is 11.8. The molecule has 0 saturated heterocycles. The topological polar surface area (TPSA) is 0 Å². The molecule has 0 amide bonds. The van der Waals surface area contributed by atoms with Crippen molar-refractivity contribution >= 4 is 7.28 Å². The van der Waals surface area contributed by atoms with E-state index < -0.39 is 0 Å². The van der Waals surface area contributed by atoms with Gasteiger partial charge in [0.15, 0.2) is 0 Å². The molecule has 0 bridgehead atoms. The van der Waals surface area contributed by atoms with Gasteiger partial charge in [-0.2, -0.15) is 0 Å². The van der Waals surface area contributed by atoms with Crippen molar-refractivity contribution < 1.29 is 0 Å². The van der Waals surface area contributed by atoms with Gasteiger partial charge in [0.25, 0.3) is 0 Å². The van der Waals surface area contributed by atoms with Crippen molar-refractivity contribution in [2.24, 2.45) is 5.92 Å². The van der Waals surface area contributed by atoms with Gasteiger partial charge in [0, 0.05) is 0 Å². The Morgan fingerprint density at radius 1 is 1.42 bits per heavy atom. The van der Waals surface area contributed by atoms with Gasteiger partial charge in [0.05, 0.1) is 0 Å². The first-order valence-electron chi connectivity index (χ1n) is 5.46. The van der Waals surface area contributed by atoms with Gasteiger partial charge in [-0.1, -0.05) is 51.8 Å². The largest absolute Gasteiger partial charge is 0.120 e. The molecule has 0 rings (SSSR count). The predicted octanol–water partition coefficient (Wildman–Crippen LogP) is 3.66. The summed E-state index contributed by atoms with van der Waals surface area (Å²) in [6.07, 6.45) is 10.2. The number of rotatable bonds is 8. The van der Waals surface area contributed by atoms with Gasteiger partial charge in [0.2, 0.25) is 0 Å². The Kier molecular flexibility index (Phi) is 8.75. The van der Waals surface area contributed by atoms with E-state index in [9.17, 15) is 0 Å². The van der Waals surface area contributed by atoms with Crippen molar-refractivity contribution in [1.29, 1.82) is 0 Å². The second kappa shape index (κ2) is 8.90. The lowest BCUT2D eigenvalue weighted by Crippen LogP contribution is -2.01. The Morgan fingerprint density at radius 2 is 2.17 bits per heavy atom. The van der Waals surface area contributed by atoms with Crippen LogP contribution in [0.25, 0.3) is 0 Å². The van der Waals surface area contributed by atoms with Crippen LogP contribution in [0, 0.1) is 5.92 Å². The summed E-state index contributed by atoms with van der Waals surface area (Å²) in [6.45, 7) is 8.34. The standard InChI is InChI=1S/C11H23B/c1-4-7-9-12-10-11(6-3)8-5-2/h5,11-12H,2,4,6-10H2,1,3H3. The average molecular weight is 166 g/mol. The third-order valence-corrected chi connectivity index (χ3v) is 2.54. The highest BCUT2D eigenvalue weighted by Crippen LogP contribution is 2.14. The third kappa shape index (κ3) is 6.51. The fraction of sp³-hybridized carbons (Fsp3) is 0.818. The van der Waals surface area contributed by atoms with Gasteiger partial charge < -0.3 is 0 Å². The van der Waals surface area contributed by atoms with Gasteiger partial charge in [0.1, 0.15) is 7.28 Å². The molecule has 0 aliphatic carbocycles. The van der Waals surface area contributed by atoms with Crippen molar-refractivity contribution in [1.82, 2.24) is 0 Å². The van der Waals surface area contributed by atoms with E-state index >= 15 is 0 Å². The highest BCUT2D eigenvalue weighted by molar-refractivity contribution is 6.35. The normalized spacial score (nSPS) is 12.5. The van der Waals surface area contributed by atoms with E-state index in [1.165, 1.54) is 45.6 Å². The lowest BCUT2D eigenvalue weighted by molar-refractivity contribution is 0.568. The average Bonchev–Trinajstić information content (AvgIpc) is 2.10. The third-order valence-electron chi connectivity index (χ3n) is 2.54. The molecule has 0 heterocycles. The van der Waals surface area contributed by atoms with Crippen LogP contribution in [0.1, 0.15) is 39.5 Å². The molecule has 70 valence electrons. The molecule has 1 atom stereocenters. The van der Waals surface area contributed by atoms with Crippen molar-refractivity contribution in [2.45, 2.75) is 52.2 Å². The zero-order valence-corrected chi connectivity index (χ0v) is 8.81. The van der Waals surface area contributed by atoms with Crippen molar-refractivity contribution in [3.63, 3.8) is 0 Å². The van der Waals surface area contributed by atoms with E-state index in [1.807, 2.05) is 0 Å². The smallest absolute Gasteiger partial charge is 0.103 e. The summed E-state index contributed by atoms with van der Waals surface area (Å²) in [5.41, 5.74) is 0. The van der Waals surface area contributed by atoms with Gasteiger partial charge in [-0.3, -0.25) is 0 Å². The maximum atomic E-state index is 3.79. The number of hydrogen-bond acceptors (Lipinski definition) is 0. The van der Waals surface area contributed by atoms with Gasteiger partial charge >= 0.3 is 0 Å². The van der Waals surface area contributed by atoms with Crippen molar-refractivity contribution in [2.75, 3.05) is 0 Å². The van der Waals surface area contributed by atoms with E-state index in [-0.39, 0.29) is 0 Å². The Bertz CT molecular complexity index is 99.2. The summed E-state index contributed by atoms with van der Waals surface area (Å²) in [5.74, 6) is 0.902. The summed E-state index contributed by atoms with van der Waals surface area (Å²) in [4.78, 5) is 0. The quantitative estimate of drug-likeness (QED) is 0.293. The van der Waals surface area contributed by atoms with Crippen LogP contribution in [0.5, 0.6) is 0 Å². The molecule has 0 aliphatic rings. The van der Waals surface area contributed by atoms with Crippen LogP contribution >= 0.6 is 0 Å². The van der Waals surface area contributed by atoms with E-state index in [0.717, 1.165) is 5.92 Å². The van der Waals surface area contributed by atoms with Crippen LogP contribution < -0.4 is 0 Å². The molecule has 12 heavy (non-hydrogen) atoms. The van der Waals surface area contributed by atoms with E-state index in [4.69, 9.17) is 0 Å². The predicted molar refractivity (Wildman–Crippen MR) is 60.3 cm³/mol. The molecular weight excluding hydrogens is 143 g/mol. The maximum absolute atomic E-state index is 3.79. The minimum Gasteiger partial charge on any atom is -0.103 e. The highest BCUT2D eigenvalue weighted by Gasteiger charge is 2.03. The Morgan fingerprint density at radius 3 is 2.67 bits per heavy atom. The molecule has 0 aromatic rings. The lowest BCUT2D eigenvalue weighted by atomic mass is 9.65. The molecule has 0 aromatic carbocycles. The Labute approximate surface area is 78.7 Å². The zero-order valence-electron chi connectivity index (χ0n) is 8.81. The molecule has 0 nitrogen and oxygen atoms in total. The molecule has 1 heteroatoms. The maximum Gasteiger partial charge on any atom is 0.120 e. The minimum absolute atomic E-state index is 0.902. The van der Waals surface area contributed by atoms with Crippen LogP contribution in [0.15, 0.2) is 12.7 Å². The monoisotopic (exact) mass is 166 g/mol. The molecule has 0 fully saturated rings. The summed E-state index contributed by atoms with van der Waals surface area (Å²) >= 11 is 0. The molecule has 0 N–H and O–H groups in total. The van der Waals surface area contributed by atoms with E-state index in [2.05, 4.69) is 26.5 Å². The van der Waals surface area contributed by atoms with Gasteiger partial charge in [-0.15, -0.1) is 6.58 Å². The number of allylic oxidation sites excluding steroid dienone is 1. The summed E-state index contributed by atoms with van der Waals surface area (Å²) in [6, 6.07) is 0. The van der Waals surface area contributed by atoms with Crippen molar-refractivity contribution in [3.8, 4) is 0 Å². The number of hydrogen-bond donors (Lipinski definition) is 0. The van der Waals surface area contributed by atoms with Crippen LogP contribution in [-0.4, -0.2) is 7.28 Å². The van der Waals surface area contributed by atoms with Gasteiger partial charge in [-0.05, 0) is 12.3 Å². The summed E-state index contributed by atoms with van der Waals surface area (Å²) < 4.78 is 0. The molecule has 0 spiro atoms. The second-order valence-corrected chi connectivity index (χ2v) is 3.65. The molecular formula is C11H23B. The zero-order chi connectivity index (χ0) is 9.23.